The smallest absolute Gasteiger partial charge is 0.226 e. The molecule has 1 aromatic heterocycles. The predicted molar refractivity (Wildman–Crippen MR) is 88.2 cm³/mol. The summed E-state index contributed by atoms with van der Waals surface area (Å²) in [6, 6.07) is 8.74. The summed E-state index contributed by atoms with van der Waals surface area (Å²) in [4.78, 5) is 6.96. The highest BCUT2D eigenvalue weighted by Gasteiger charge is 2.27. The molecule has 1 saturated heterocycles. The van der Waals surface area contributed by atoms with Crippen LogP contribution in [0.1, 0.15) is 50.0 Å². The molecule has 0 bridgehead atoms. The van der Waals surface area contributed by atoms with Gasteiger partial charge in [0.2, 0.25) is 5.89 Å². The summed E-state index contributed by atoms with van der Waals surface area (Å²) in [5.41, 5.74) is 1.30. The highest BCUT2D eigenvalue weighted by Crippen LogP contribution is 2.34. The molecule has 23 heavy (non-hydrogen) atoms. The monoisotopic (exact) mass is 315 g/mol. The average molecular weight is 315 g/mol. The van der Waals surface area contributed by atoms with Crippen molar-refractivity contribution < 1.29 is 9.26 Å². The Bertz CT molecular complexity index is 639. The van der Waals surface area contributed by atoms with Gasteiger partial charge in [-0.25, -0.2) is 0 Å². The van der Waals surface area contributed by atoms with E-state index in [2.05, 4.69) is 47.1 Å². The summed E-state index contributed by atoms with van der Waals surface area (Å²) in [5.74, 6) is 2.97. The molecule has 2 heterocycles. The SMILES string of the molecule is COc1cccc([C@@H]2CCCN2Cc2noc(CC(C)C)n2)c1. The standard InChI is InChI=1S/C18H25N3O2/c1-13(2)10-18-19-17(20-23-18)12-21-9-5-8-16(21)14-6-4-7-15(11-14)22-3/h4,6-7,11,13,16H,5,8-10,12H2,1-3H3/t16-/m0/s1. The van der Waals surface area contributed by atoms with E-state index in [0.717, 1.165) is 43.4 Å². The van der Waals surface area contributed by atoms with Crippen LogP contribution in [0.5, 0.6) is 5.75 Å². The Morgan fingerprint density at radius 3 is 3.04 bits per heavy atom. The zero-order chi connectivity index (χ0) is 16.2. The van der Waals surface area contributed by atoms with E-state index < -0.39 is 0 Å². The molecule has 2 aromatic rings. The maximum absolute atomic E-state index is 5.36. The van der Waals surface area contributed by atoms with Gasteiger partial charge >= 0.3 is 0 Å². The molecule has 1 atom stereocenters. The molecule has 1 fully saturated rings. The topological polar surface area (TPSA) is 51.4 Å². The van der Waals surface area contributed by atoms with E-state index in [1.165, 1.54) is 12.0 Å². The number of hydrogen-bond donors (Lipinski definition) is 0. The molecule has 0 spiro atoms. The molecule has 0 amide bonds. The number of aromatic nitrogens is 2. The van der Waals surface area contributed by atoms with Gasteiger partial charge in [-0.2, -0.15) is 4.98 Å². The maximum atomic E-state index is 5.36. The minimum atomic E-state index is 0.400. The molecular formula is C18H25N3O2. The fourth-order valence-corrected chi connectivity index (χ4v) is 3.21. The number of rotatable bonds is 6. The summed E-state index contributed by atoms with van der Waals surface area (Å²) in [7, 11) is 1.71. The van der Waals surface area contributed by atoms with Crippen molar-refractivity contribution in [2.45, 2.75) is 45.7 Å². The normalized spacial score (nSPS) is 18.7. The first-order valence-electron chi connectivity index (χ1n) is 8.35. The first-order chi connectivity index (χ1) is 11.2. The molecule has 0 unspecified atom stereocenters. The zero-order valence-electron chi connectivity index (χ0n) is 14.2. The van der Waals surface area contributed by atoms with Crippen molar-refractivity contribution in [2.24, 2.45) is 5.92 Å². The molecule has 0 aliphatic carbocycles. The highest BCUT2D eigenvalue weighted by molar-refractivity contribution is 5.31. The summed E-state index contributed by atoms with van der Waals surface area (Å²) < 4.78 is 10.7. The number of methoxy groups -OCH3 is 1. The van der Waals surface area contributed by atoms with Crippen molar-refractivity contribution in [3.05, 3.63) is 41.5 Å². The lowest BCUT2D eigenvalue weighted by Gasteiger charge is -2.23. The molecule has 3 rings (SSSR count). The summed E-state index contributed by atoms with van der Waals surface area (Å²) in [5, 5.41) is 4.14. The Labute approximate surface area is 137 Å². The minimum Gasteiger partial charge on any atom is -0.497 e. The molecule has 1 aliphatic rings. The lowest BCUT2D eigenvalue weighted by atomic mass is 10.0. The van der Waals surface area contributed by atoms with Crippen molar-refractivity contribution in [1.29, 1.82) is 0 Å². The fraction of sp³-hybridized carbons (Fsp3) is 0.556. The van der Waals surface area contributed by atoms with Gasteiger partial charge in [-0.1, -0.05) is 31.1 Å². The van der Waals surface area contributed by atoms with E-state index >= 15 is 0 Å². The van der Waals surface area contributed by atoms with E-state index in [1.807, 2.05) is 6.07 Å². The van der Waals surface area contributed by atoms with E-state index in [4.69, 9.17) is 9.26 Å². The van der Waals surface area contributed by atoms with Crippen LogP contribution < -0.4 is 4.74 Å². The second-order valence-corrected chi connectivity index (χ2v) is 6.61. The molecule has 124 valence electrons. The van der Waals surface area contributed by atoms with Crippen molar-refractivity contribution in [3.8, 4) is 5.75 Å². The van der Waals surface area contributed by atoms with Gasteiger partial charge in [0, 0.05) is 12.5 Å². The molecule has 1 aliphatic heterocycles. The third-order valence-electron chi connectivity index (χ3n) is 4.28. The molecule has 0 N–H and O–H groups in total. The van der Waals surface area contributed by atoms with E-state index in [-0.39, 0.29) is 0 Å². The molecular weight excluding hydrogens is 290 g/mol. The largest absolute Gasteiger partial charge is 0.497 e. The third-order valence-corrected chi connectivity index (χ3v) is 4.28. The van der Waals surface area contributed by atoms with Crippen molar-refractivity contribution in [2.75, 3.05) is 13.7 Å². The number of hydrogen-bond acceptors (Lipinski definition) is 5. The average Bonchev–Trinajstić information content (AvgIpc) is 3.17. The Morgan fingerprint density at radius 2 is 2.26 bits per heavy atom. The first-order valence-corrected chi connectivity index (χ1v) is 8.35. The summed E-state index contributed by atoms with van der Waals surface area (Å²) in [6.07, 6.45) is 3.19. The van der Waals surface area contributed by atoms with Crippen LogP contribution in [0, 0.1) is 5.92 Å². The van der Waals surface area contributed by atoms with Gasteiger partial charge in [0.25, 0.3) is 0 Å². The lowest BCUT2D eigenvalue weighted by molar-refractivity contribution is 0.237. The van der Waals surface area contributed by atoms with Crippen LogP contribution in [-0.4, -0.2) is 28.7 Å². The van der Waals surface area contributed by atoms with Gasteiger partial charge in [0.15, 0.2) is 5.82 Å². The van der Waals surface area contributed by atoms with E-state index in [1.54, 1.807) is 7.11 Å². The van der Waals surface area contributed by atoms with Crippen LogP contribution >= 0.6 is 0 Å². The molecule has 0 saturated carbocycles. The van der Waals surface area contributed by atoms with Crippen LogP contribution in [0.15, 0.2) is 28.8 Å². The van der Waals surface area contributed by atoms with E-state index in [9.17, 15) is 0 Å². The Balaban J connectivity index is 1.70. The zero-order valence-corrected chi connectivity index (χ0v) is 14.2. The van der Waals surface area contributed by atoms with Crippen LogP contribution in [0.3, 0.4) is 0 Å². The van der Waals surface area contributed by atoms with Gasteiger partial charge in [0.05, 0.1) is 13.7 Å². The Kier molecular flexibility index (Phi) is 4.96. The first kappa shape index (κ1) is 16.0. The lowest BCUT2D eigenvalue weighted by Crippen LogP contribution is -2.23. The summed E-state index contributed by atoms with van der Waals surface area (Å²) in [6.45, 7) is 6.12. The summed E-state index contributed by atoms with van der Waals surface area (Å²) >= 11 is 0. The number of likely N-dealkylation sites (tertiary alicyclic amines) is 1. The van der Waals surface area contributed by atoms with Crippen molar-refractivity contribution >= 4 is 0 Å². The highest BCUT2D eigenvalue weighted by atomic mass is 16.5. The van der Waals surface area contributed by atoms with Gasteiger partial charge in [0.1, 0.15) is 5.75 Å². The maximum Gasteiger partial charge on any atom is 0.226 e. The van der Waals surface area contributed by atoms with Crippen LogP contribution in [0.2, 0.25) is 0 Å². The second-order valence-electron chi connectivity index (χ2n) is 6.61. The van der Waals surface area contributed by atoms with Gasteiger partial charge < -0.3 is 9.26 Å². The van der Waals surface area contributed by atoms with Crippen LogP contribution in [-0.2, 0) is 13.0 Å². The van der Waals surface area contributed by atoms with Crippen molar-refractivity contribution in [1.82, 2.24) is 15.0 Å². The second kappa shape index (κ2) is 7.13. The number of ether oxygens (including phenoxy) is 1. The van der Waals surface area contributed by atoms with Gasteiger partial charge in [-0.3, -0.25) is 4.90 Å². The Hall–Kier alpha value is -1.88. The predicted octanol–water partition coefficient (Wildman–Crippen LogP) is 3.61. The fourth-order valence-electron chi connectivity index (χ4n) is 3.21. The third kappa shape index (κ3) is 3.91. The minimum absolute atomic E-state index is 0.400. The molecule has 5 nitrogen and oxygen atoms in total. The van der Waals surface area contributed by atoms with Crippen LogP contribution in [0.25, 0.3) is 0 Å². The quantitative estimate of drug-likeness (QED) is 0.815. The Morgan fingerprint density at radius 1 is 1.39 bits per heavy atom. The van der Waals surface area contributed by atoms with Gasteiger partial charge in [-0.15, -0.1) is 0 Å². The van der Waals surface area contributed by atoms with E-state index in [0.29, 0.717) is 12.0 Å². The van der Waals surface area contributed by atoms with Gasteiger partial charge in [-0.05, 0) is 43.0 Å². The molecule has 0 radical (unpaired) electrons. The molecule has 1 aromatic carbocycles. The number of benzene rings is 1. The number of nitrogens with zero attached hydrogens (tertiary/aromatic N) is 3. The van der Waals surface area contributed by atoms with Crippen molar-refractivity contribution in [3.63, 3.8) is 0 Å². The molecule has 5 heteroatoms. The van der Waals surface area contributed by atoms with Crippen LogP contribution in [0.4, 0.5) is 0 Å².